The molecule has 3 nitrogen and oxygen atoms in total. The molecule has 0 saturated carbocycles. The minimum absolute atomic E-state index is 0.236. The van der Waals surface area contributed by atoms with Gasteiger partial charge in [-0.15, -0.1) is 0 Å². The molecule has 0 atom stereocenters. The van der Waals surface area contributed by atoms with Gasteiger partial charge in [0.2, 0.25) is 0 Å². The summed E-state index contributed by atoms with van der Waals surface area (Å²) in [6.45, 7) is 3.53. The summed E-state index contributed by atoms with van der Waals surface area (Å²) in [6, 6.07) is 3.08. The number of sulfone groups is 1. The van der Waals surface area contributed by atoms with Crippen molar-refractivity contribution < 1.29 is 13.2 Å². The van der Waals surface area contributed by atoms with Crippen molar-refractivity contribution in [2.24, 2.45) is 0 Å². The van der Waals surface area contributed by atoms with E-state index in [0.717, 1.165) is 11.8 Å². The van der Waals surface area contributed by atoms with Gasteiger partial charge in [0, 0.05) is 11.8 Å². The Hall–Kier alpha value is -1.16. The van der Waals surface area contributed by atoms with Gasteiger partial charge in [-0.3, -0.25) is 4.79 Å². The molecule has 76 valence electrons. The Morgan fingerprint density at radius 1 is 1.21 bits per heavy atom. The summed E-state index contributed by atoms with van der Waals surface area (Å²) in [5, 5.41) is 0. The molecule has 0 N–H and O–H groups in total. The first-order chi connectivity index (χ1) is 6.36. The fourth-order valence-corrected chi connectivity index (χ4v) is 2.37. The molecule has 0 radical (unpaired) electrons. The maximum atomic E-state index is 11.4. The molecule has 1 rings (SSSR count). The molecule has 0 bridgehead atoms. The van der Waals surface area contributed by atoms with Crippen molar-refractivity contribution in [1.29, 1.82) is 0 Å². The van der Waals surface area contributed by atoms with Gasteiger partial charge >= 0.3 is 0 Å². The van der Waals surface area contributed by atoms with Crippen molar-refractivity contribution in [2.45, 2.75) is 18.7 Å². The van der Waals surface area contributed by atoms with Gasteiger partial charge in [0.25, 0.3) is 0 Å². The van der Waals surface area contributed by atoms with Gasteiger partial charge in [-0.25, -0.2) is 8.42 Å². The average molecular weight is 212 g/mol. The molecule has 1 aromatic rings. The molecule has 0 saturated heterocycles. The number of carbonyl (C=O) groups is 1. The SMILES string of the molecule is Cc1cc(C=O)cc(S(C)(=O)=O)c1C. The molecule has 1 aromatic carbocycles. The third-order valence-electron chi connectivity index (χ3n) is 2.18. The van der Waals surface area contributed by atoms with Gasteiger partial charge < -0.3 is 0 Å². The second-order valence-electron chi connectivity index (χ2n) is 3.35. The molecule has 4 heteroatoms. The van der Waals surface area contributed by atoms with Crippen molar-refractivity contribution in [3.63, 3.8) is 0 Å². The summed E-state index contributed by atoms with van der Waals surface area (Å²) in [6.07, 6.45) is 1.80. The summed E-state index contributed by atoms with van der Waals surface area (Å²) in [5.74, 6) is 0. The van der Waals surface area contributed by atoms with Crippen molar-refractivity contribution in [2.75, 3.05) is 6.26 Å². The highest BCUT2D eigenvalue weighted by atomic mass is 32.2. The lowest BCUT2D eigenvalue weighted by Crippen LogP contribution is -2.03. The van der Waals surface area contributed by atoms with Crippen molar-refractivity contribution in [3.05, 3.63) is 28.8 Å². The van der Waals surface area contributed by atoms with Crippen LogP contribution >= 0.6 is 0 Å². The number of aldehydes is 1. The monoisotopic (exact) mass is 212 g/mol. The Morgan fingerprint density at radius 3 is 2.21 bits per heavy atom. The third kappa shape index (κ3) is 2.01. The Labute approximate surface area is 83.7 Å². The molecular formula is C10H12O3S. The molecule has 0 aliphatic heterocycles. The van der Waals surface area contributed by atoms with Crippen LogP contribution in [0.5, 0.6) is 0 Å². The van der Waals surface area contributed by atoms with Gasteiger partial charge in [-0.2, -0.15) is 0 Å². The second kappa shape index (κ2) is 3.53. The number of hydrogen-bond donors (Lipinski definition) is 0. The largest absolute Gasteiger partial charge is 0.298 e. The summed E-state index contributed by atoms with van der Waals surface area (Å²) >= 11 is 0. The topological polar surface area (TPSA) is 51.2 Å². The van der Waals surface area contributed by atoms with Gasteiger partial charge in [0.15, 0.2) is 9.84 Å². The second-order valence-corrected chi connectivity index (χ2v) is 5.34. The first kappa shape index (κ1) is 10.9. The van der Waals surface area contributed by atoms with Crippen LogP contribution in [0.3, 0.4) is 0 Å². The Bertz CT molecular complexity index is 472. The van der Waals surface area contributed by atoms with Crippen molar-refractivity contribution >= 4 is 16.1 Å². The van der Waals surface area contributed by atoms with E-state index in [-0.39, 0.29) is 4.90 Å². The number of hydrogen-bond acceptors (Lipinski definition) is 3. The van der Waals surface area contributed by atoms with Crippen LogP contribution in [0.15, 0.2) is 17.0 Å². The molecule has 0 unspecified atom stereocenters. The zero-order valence-electron chi connectivity index (χ0n) is 8.37. The fourth-order valence-electron chi connectivity index (χ4n) is 1.31. The predicted octanol–water partition coefficient (Wildman–Crippen LogP) is 1.52. The molecule has 0 fully saturated rings. The maximum absolute atomic E-state index is 11.4. The highest BCUT2D eigenvalue weighted by Crippen LogP contribution is 2.20. The van der Waals surface area contributed by atoms with Crippen LogP contribution in [0.25, 0.3) is 0 Å². The van der Waals surface area contributed by atoms with Crippen LogP contribution < -0.4 is 0 Å². The van der Waals surface area contributed by atoms with Crippen LogP contribution in [-0.2, 0) is 9.84 Å². The van der Waals surface area contributed by atoms with Gasteiger partial charge in [-0.1, -0.05) is 0 Å². The van der Waals surface area contributed by atoms with E-state index in [1.165, 1.54) is 6.07 Å². The highest BCUT2D eigenvalue weighted by molar-refractivity contribution is 7.90. The minimum Gasteiger partial charge on any atom is -0.298 e. The first-order valence-electron chi connectivity index (χ1n) is 4.12. The number of aryl methyl sites for hydroxylation is 1. The van der Waals surface area contributed by atoms with E-state index in [0.29, 0.717) is 17.4 Å². The van der Waals surface area contributed by atoms with E-state index in [1.54, 1.807) is 19.9 Å². The summed E-state index contributed by atoms with van der Waals surface area (Å²) in [7, 11) is -3.25. The average Bonchev–Trinajstić information content (AvgIpc) is 2.07. The normalized spacial score (nSPS) is 11.4. The van der Waals surface area contributed by atoms with Crippen LogP contribution in [-0.4, -0.2) is 21.0 Å². The Kier molecular flexibility index (Phi) is 2.76. The molecular weight excluding hydrogens is 200 g/mol. The minimum atomic E-state index is -3.25. The number of benzene rings is 1. The number of carbonyl (C=O) groups excluding carboxylic acids is 1. The summed E-state index contributed by atoms with van der Waals surface area (Å²) in [5.41, 5.74) is 1.92. The molecule has 0 aromatic heterocycles. The van der Waals surface area contributed by atoms with Crippen LogP contribution in [0, 0.1) is 13.8 Å². The van der Waals surface area contributed by atoms with Gasteiger partial charge in [0.1, 0.15) is 6.29 Å². The standard InChI is InChI=1S/C10H12O3S/c1-7-4-9(6-11)5-10(8(7)2)14(3,12)13/h4-6H,1-3H3. The summed E-state index contributed by atoms with van der Waals surface area (Å²) in [4.78, 5) is 10.8. The van der Waals surface area contributed by atoms with E-state index >= 15 is 0 Å². The molecule has 0 amide bonds. The first-order valence-corrected chi connectivity index (χ1v) is 6.02. The van der Waals surface area contributed by atoms with Crippen LogP contribution in [0.1, 0.15) is 21.5 Å². The Morgan fingerprint density at radius 2 is 1.79 bits per heavy atom. The maximum Gasteiger partial charge on any atom is 0.175 e. The van der Waals surface area contributed by atoms with Gasteiger partial charge in [-0.05, 0) is 37.1 Å². The Balaban J connectivity index is 3.58. The van der Waals surface area contributed by atoms with Crippen molar-refractivity contribution in [3.8, 4) is 0 Å². The molecule has 0 spiro atoms. The summed E-state index contributed by atoms with van der Waals surface area (Å²) < 4.78 is 22.7. The zero-order valence-corrected chi connectivity index (χ0v) is 9.18. The molecule has 14 heavy (non-hydrogen) atoms. The lowest BCUT2D eigenvalue weighted by molar-refractivity contribution is 0.112. The van der Waals surface area contributed by atoms with Crippen molar-refractivity contribution in [1.82, 2.24) is 0 Å². The van der Waals surface area contributed by atoms with E-state index < -0.39 is 9.84 Å². The molecule has 0 heterocycles. The quantitative estimate of drug-likeness (QED) is 0.698. The van der Waals surface area contributed by atoms with Crippen LogP contribution in [0.2, 0.25) is 0 Å². The third-order valence-corrected chi connectivity index (χ3v) is 3.40. The van der Waals surface area contributed by atoms with E-state index in [1.807, 2.05) is 0 Å². The van der Waals surface area contributed by atoms with E-state index in [9.17, 15) is 13.2 Å². The predicted molar refractivity (Wildman–Crippen MR) is 54.4 cm³/mol. The highest BCUT2D eigenvalue weighted by Gasteiger charge is 2.13. The number of rotatable bonds is 2. The van der Waals surface area contributed by atoms with E-state index in [2.05, 4.69) is 0 Å². The fraction of sp³-hybridized carbons (Fsp3) is 0.300. The molecule has 0 aliphatic carbocycles. The lowest BCUT2D eigenvalue weighted by atomic mass is 10.1. The van der Waals surface area contributed by atoms with Crippen LogP contribution in [0.4, 0.5) is 0 Å². The van der Waals surface area contributed by atoms with E-state index in [4.69, 9.17) is 0 Å². The zero-order chi connectivity index (χ0) is 10.9. The van der Waals surface area contributed by atoms with Gasteiger partial charge in [0.05, 0.1) is 4.90 Å². The molecule has 0 aliphatic rings. The lowest BCUT2D eigenvalue weighted by Gasteiger charge is -2.07. The smallest absolute Gasteiger partial charge is 0.175 e.